The average molecular weight is 520 g/mol. The number of likely N-dealkylation sites (tertiary alicyclic amines) is 1. The SMILES string of the molecule is C=CCN(CCCC)C(=O)C1N(CCCCCO)C(=O)[C@@H]2[C@@H](C(=O)N(CC=C)CCC)[C@H]3CCC12S3. The predicted octanol–water partition coefficient (Wildman–Crippen LogP) is 3.48. The maximum atomic E-state index is 14.1. The van der Waals surface area contributed by atoms with E-state index in [4.69, 9.17) is 0 Å². The van der Waals surface area contributed by atoms with Crippen LogP contribution in [0.5, 0.6) is 0 Å². The molecular weight excluding hydrogens is 474 g/mol. The quantitative estimate of drug-likeness (QED) is 0.249. The second-order valence-corrected chi connectivity index (χ2v) is 12.0. The van der Waals surface area contributed by atoms with Crippen molar-refractivity contribution < 1.29 is 19.5 Å². The largest absolute Gasteiger partial charge is 0.396 e. The zero-order valence-corrected chi connectivity index (χ0v) is 23.0. The molecule has 2 unspecified atom stereocenters. The minimum absolute atomic E-state index is 0.000821. The average Bonchev–Trinajstić information content (AvgIpc) is 3.51. The first kappa shape index (κ1) is 28.8. The van der Waals surface area contributed by atoms with Crippen molar-refractivity contribution in [2.24, 2.45) is 11.8 Å². The molecule has 8 heteroatoms. The molecular formula is C28H45N3O4S. The minimum Gasteiger partial charge on any atom is -0.396 e. The number of hydrogen-bond donors (Lipinski definition) is 1. The van der Waals surface area contributed by atoms with Crippen LogP contribution >= 0.6 is 11.8 Å². The maximum absolute atomic E-state index is 14.1. The molecule has 1 N–H and O–H groups in total. The number of unbranched alkanes of at least 4 members (excludes halogenated alkanes) is 3. The van der Waals surface area contributed by atoms with Crippen molar-refractivity contribution in [2.45, 2.75) is 81.3 Å². The van der Waals surface area contributed by atoms with E-state index in [0.29, 0.717) is 39.1 Å². The van der Waals surface area contributed by atoms with Crippen LogP contribution in [0.1, 0.15) is 65.2 Å². The summed E-state index contributed by atoms with van der Waals surface area (Å²) in [6.07, 6.45) is 10.1. The summed E-state index contributed by atoms with van der Waals surface area (Å²) < 4.78 is -0.548. The number of carbonyl (C=O) groups excluding carboxylic acids is 3. The minimum atomic E-state index is -0.548. The Hall–Kier alpha value is -1.80. The Morgan fingerprint density at radius 3 is 2.36 bits per heavy atom. The lowest BCUT2D eigenvalue weighted by molar-refractivity contribution is -0.144. The van der Waals surface area contributed by atoms with Crippen LogP contribution in [0.4, 0.5) is 0 Å². The fourth-order valence-electron chi connectivity index (χ4n) is 6.42. The topological polar surface area (TPSA) is 81.2 Å². The molecule has 0 aromatic carbocycles. The molecule has 3 fully saturated rings. The standard InChI is InChI=1S/C28H45N3O4S/c1-5-9-18-30(17-8-4)27(35)24-28-14-13-21(36-28)22(25(33)29(15-6-2)16-7-3)23(28)26(34)31(24)19-11-10-12-20-32/h6,8,21-24,32H,2,4-5,7,9-20H2,1,3H3/t21-,22+,23+,24?,28?/m1/s1. The summed E-state index contributed by atoms with van der Waals surface area (Å²) in [5, 5.41) is 9.29. The van der Waals surface area contributed by atoms with Gasteiger partial charge in [0.1, 0.15) is 6.04 Å². The van der Waals surface area contributed by atoms with Gasteiger partial charge in [0.05, 0.1) is 16.6 Å². The van der Waals surface area contributed by atoms with Crippen LogP contribution in [0.25, 0.3) is 0 Å². The fraction of sp³-hybridized carbons (Fsp3) is 0.750. The second kappa shape index (κ2) is 13.1. The molecule has 0 radical (unpaired) electrons. The number of hydrogen-bond acceptors (Lipinski definition) is 5. The van der Waals surface area contributed by atoms with Crippen LogP contribution < -0.4 is 0 Å². The molecule has 36 heavy (non-hydrogen) atoms. The van der Waals surface area contributed by atoms with Gasteiger partial charge in [-0.3, -0.25) is 14.4 Å². The van der Waals surface area contributed by atoms with E-state index in [2.05, 4.69) is 27.0 Å². The lowest BCUT2D eigenvalue weighted by atomic mass is 9.70. The van der Waals surface area contributed by atoms with Crippen LogP contribution in [0.3, 0.4) is 0 Å². The monoisotopic (exact) mass is 519 g/mol. The zero-order chi connectivity index (χ0) is 26.3. The highest BCUT2D eigenvalue weighted by molar-refractivity contribution is 8.02. The first-order valence-corrected chi connectivity index (χ1v) is 14.7. The summed E-state index contributed by atoms with van der Waals surface area (Å²) >= 11 is 1.74. The van der Waals surface area contributed by atoms with E-state index in [1.54, 1.807) is 28.8 Å². The van der Waals surface area contributed by atoms with Crippen molar-refractivity contribution >= 4 is 29.5 Å². The highest BCUT2D eigenvalue weighted by Crippen LogP contribution is 2.66. The Morgan fingerprint density at radius 1 is 1.06 bits per heavy atom. The fourth-order valence-corrected chi connectivity index (χ4v) is 8.63. The Morgan fingerprint density at radius 2 is 1.75 bits per heavy atom. The van der Waals surface area contributed by atoms with E-state index in [0.717, 1.165) is 44.9 Å². The number of aliphatic hydroxyl groups is 1. The molecule has 0 saturated carbocycles. The van der Waals surface area contributed by atoms with E-state index in [1.807, 2.05) is 9.80 Å². The van der Waals surface area contributed by atoms with Gasteiger partial charge in [0.15, 0.2) is 0 Å². The van der Waals surface area contributed by atoms with Crippen molar-refractivity contribution in [3.05, 3.63) is 25.3 Å². The summed E-state index contributed by atoms with van der Waals surface area (Å²) in [5.41, 5.74) is 0. The Balaban J connectivity index is 1.97. The molecule has 1 spiro atoms. The van der Waals surface area contributed by atoms with Gasteiger partial charge in [-0.05, 0) is 44.9 Å². The van der Waals surface area contributed by atoms with Crippen LogP contribution in [0.15, 0.2) is 25.3 Å². The first-order valence-electron chi connectivity index (χ1n) is 13.8. The molecule has 3 aliphatic heterocycles. The highest BCUT2D eigenvalue weighted by atomic mass is 32.2. The highest BCUT2D eigenvalue weighted by Gasteiger charge is 2.73. The normalized spacial score (nSPS) is 28.3. The van der Waals surface area contributed by atoms with Gasteiger partial charge in [0.25, 0.3) is 0 Å². The van der Waals surface area contributed by atoms with Crippen molar-refractivity contribution in [1.82, 2.24) is 14.7 Å². The lowest BCUT2D eigenvalue weighted by Crippen LogP contribution is -2.55. The summed E-state index contributed by atoms with van der Waals surface area (Å²) in [4.78, 5) is 47.5. The number of nitrogens with zero attached hydrogens (tertiary/aromatic N) is 3. The molecule has 3 amide bonds. The third-order valence-electron chi connectivity index (χ3n) is 7.97. The van der Waals surface area contributed by atoms with Gasteiger partial charge in [-0.15, -0.1) is 24.9 Å². The summed E-state index contributed by atoms with van der Waals surface area (Å²) in [6, 6.07) is -0.548. The van der Waals surface area contributed by atoms with E-state index >= 15 is 0 Å². The van der Waals surface area contributed by atoms with Gasteiger partial charge in [0, 0.05) is 44.6 Å². The molecule has 3 heterocycles. The molecule has 0 aromatic heterocycles. The molecule has 202 valence electrons. The second-order valence-electron chi connectivity index (χ2n) is 10.4. The number of thioether (sulfide) groups is 1. The van der Waals surface area contributed by atoms with E-state index in [9.17, 15) is 19.5 Å². The van der Waals surface area contributed by atoms with Crippen LogP contribution in [-0.2, 0) is 14.4 Å². The Kier molecular flexibility index (Phi) is 10.5. The summed E-state index contributed by atoms with van der Waals surface area (Å²) in [5.74, 6) is -0.837. The van der Waals surface area contributed by atoms with Crippen molar-refractivity contribution in [1.29, 1.82) is 0 Å². The number of aliphatic hydroxyl groups excluding tert-OH is 1. The number of rotatable bonds is 16. The maximum Gasteiger partial charge on any atom is 0.247 e. The van der Waals surface area contributed by atoms with Gasteiger partial charge in [0.2, 0.25) is 17.7 Å². The van der Waals surface area contributed by atoms with Crippen LogP contribution in [0, 0.1) is 11.8 Å². The molecule has 5 atom stereocenters. The third kappa shape index (κ3) is 5.40. The molecule has 0 aromatic rings. The van der Waals surface area contributed by atoms with Gasteiger partial charge in [-0.1, -0.05) is 32.4 Å². The predicted molar refractivity (Wildman–Crippen MR) is 146 cm³/mol. The van der Waals surface area contributed by atoms with Gasteiger partial charge < -0.3 is 19.8 Å². The molecule has 2 bridgehead atoms. The van der Waals surface area contributed by atoms with Crippen molar-refractivity contribution in [3.63, 3.8) is 0 Å². The number of carbonyl (C=O) groups is 3. The lowest BCUT2D eigenvalue weighted by Gasteiger charge is -2.37. The van der Waals surface area contributed by atoms with Crippen molar-refractivity contribution in [3.8, 4) is 0 Å². The molecule has 0 aliphatic carbocycles. The van der Waals surface area contributed by atoms with E-state index in [1.165, 1.54) is 0 Å². The zero-order valence-electron chi connectivity index (χ0n) is 22.2. The Bertz CT molecular complexity index is 821. The van der Waals surface area contributed by atoms with Crippen LogP contribution in [0.2, 0.25) is 0 Å². The van der Waals surface area contributed by atoms with Gasteiger partial charge >= 0.3 is 0 Å². The van der Waals surface area contributed by atoms with E-state index < -0.39 is 16.7 Å². The van der Waals surface area contributed by atoms with Crippen LogP contribution in [-0.4, -0.2) is 92.9 Å². The third-order valence-corrected chi connectivity index (χ3v) is 9.93. The smallest absolute Gasteiger partial charge is 0.247 e. The number of amides is 3. The summed E-state index contributed by atoms with van der Waals surface area (Å²) in [7, 11) is 0. The van der Waals surface area contributed by atoms with Crippen molar-refractivity contribution in [2.75, 3.05) is 39.3 Å². The molecule has 3 saturated heterocycles. The summed E-state index contributed by atoms with van der Waals surface area (Å²) in [6.45, 7) is 14.7. The first-order chi connectivity index (χ1) is 17.4. The number of fused-ring (bicyclic) bond motifs is 1. The molecule has 7 nitrogen and oxygen atoms in total. The molecule has 3 rings (SSSR count). The Labute approximate surface area is 221 Å². The molecule has 3 aliphatic rings. The van der Waals surface area contributed by atoms with E-state index in [-0.39, 0.29) is 35.5 Å². The van der Waals surface area contributed by atoms with Gasteiger partial charge in [-0.2, -0.15) is 0 Å². The van der Waals surface area contributed by atoms with Gasteiger partial charge in [-0.25, -0.2) is 0 Å².